The van der Waals surface area contributed by atoms with Crippen molar-refractivity contribution in [2.24, 2.45) is 5.41 Å². The summed E-state index contributed by atoms with van der Waals surface area (Å²) in [6, 6.07) is 0. The van der Waals surface area contributed by atoms with Crippen LogP contribution in [0.3, 0.4) is 0 Å². The fourth-order valence-electron chi connectivity index (χ4n) is 1.74. The van der Waals surface area contributed by atoms with Crippen molar-refractivity contribution in [2.45, 2.75) is 84.0 Å². The molecule has 0 amide bonds. The molecule has 0 fully saturated rings. The first kappa shape index (κ1) is 17.5. The standard InChI is InChI=1S/C16H32Te/c1-6-8-10-11-12-15(14-16(3,4)5)17-13-9-7-2/h14H,6-13H2,1-5H3/b15-14+. The van der Waals surface area contributed by atoms with Crippen LogP contribution in [0.5, 0.6) is 0 Å². The third kappa shape index (κ3) is 12.8. The van der Waals surface area contributed by atoms with Crippen LogP contribution in [0, 0.1) is 5.41 Å². The molecule has 0 aliphatic rings. The Morgan fingerprint density at radius 3 is 2.12 bits per heavy atom. The van der Waals surface area contributed by atoms with Gasteiger partial charge in [0.05, 0.1) is 0 Å². The van der Waals surface area contributed by atoms with Gasteiger partial charge in [-0.2, -0.15) is 0 Å². The average Bonchev–Trinajstić information content (AvgIpc) is 2.22. The summed E-state index contributed by atoms with van der Waals surface area (Å²) in [5.41, 5.74) is 0.386. The quantitative estimate of drug-likeness (QED) is 0.363. The molecular formula is C16H32Te. The van der Waals surface area contributed by atoms with E-state index < -0.39 is 0 Å². The van der Waals surface area contributed by atoms with Crippen molar-refractivity contribution < 1.29 is 0 Å². The van der Waals surface area contributed by atoms with E-state index in [0.717, 1.165) is 0 Å². The van der Waals surface area contributed by atoms with Crippen LogP contribution < -0.4 is 0 Å². The predicted octanol–water partition coefficient (Wildman–Crippen LogP) is 5.81. The van der Waals surface area contributed by atoms with E-state index in [0.29, 0.717) is 5.41 Å². The second kappa shape index (κ2) is 10.5. The molecule has 0 heterocycles. The van der Waals surface area contributed by atoms with Gasteiger partial charge in [-0.15, -0.1) is 0 Å². The molecule has 0 saturated heterocycles. The summed E-state index contributed by atoms with van der Waals surface area (Å²) >= 11 is 0.143. The Bertz CT molecular complexity index is 198. The maximum atomic E-state index is 2.58. The Kier molecular flexibility index (Phi) is 10.8. The van der Waals surface area contributed by atoms with Crippen molar-refractivity contribution in [2.75, 3.05) is 0 Å². The van der Waals surface area contributed by atoms with Crippen molar-refractivity contribution in [1.29, 1.82) is 0 Å². The number of hydrogen-bond acceptors (Lipinski definition) is 0. The summed E-state index contributed by atoms with van der Waals surface area (Å²) in [4.78, 5) is 0. The number of rotatable bonds is 9. The van der Waals surface area contributed by atoms with E-state index in [4.69, 9.17) is 0 Å². The maximum absolute atomic E-state index is 2.58. The Morgan fingerprint density at radius 2 is 1.59 bits per heavy atom. The summed E-state index contributed by atoms with van der Waals surface area (Å²) in [6.45, 7) is 11.6. The molecule has 0 nitrogen and oxygen atoms in total. The van der Waals surface area contributed by atoms with E-state index in [2.05, 4.69) is 40.7 Å². The summed E-state index contributed by atoms with van der Waals surface area (Å²) < 4.78 is 3.35. The molecule has 0 rings (SSSR count). The van der Waals surface area contributed by atoms with Crippen molar-refractivity contribution in [3.8, 4) is 0 Å². The number of hydrogen-bond donors (Lipinski definition) is 0. The van der Waals surface area contributed by atoms with Crippen LogP contribution in [-0.2, 0) is 0 Å². The first-order valence-electron chi connectivity index (χ1n) is 7.34. The van der Waals surface area contributed by atoms with Crippen LogP contribution in [0.15, 0.2) is 9.70 Å². The van der Waals surface area contributed by atoms with Crippen LogP contribution in [0.4, 0.5) is 0 Å². The Morgan fingerprint density at radius 1 is 0.941 bits per heavy atom. The summed E-state index contributed by atoms with van der Waals surface area (Å²) in [5.74, 6) is 0. The van der Waals surface area contributed by atoms with Crippen LogP contribution in [-0.4, -0.2) is 20.9 Å². The Labute approximate surface area is 120 Å². The molecule has 0 aromatic carbocycles. The number of unbranched alkanes of at least 4 members (excludes halogenated alkanes) is 4. The van der Waals surface area contributed by atoms with Gasteiger partial charge >= 0.3 is 120 Å². The monoisotopic (exact) mass is 354 g/mol. The second-order valence-electron chi connectivity index (χ2n) is 5.99. The first-order chi connectivity index (χ1) is 7.99. The van der Waals surface area contributed by atoms with Gasteiger partial charge in [-0.05, 0) is 0 Å². The fourth-order valence-corrected chi connectivity index (χ4v) is 5.80. The molecule has 0 N–H and O–H groups in total. The molecule has 0 bridgehead atoms. The van der Waals surface area contributed by atoms with Crippen molar-refractivity contribution >= 4 is 20.9 Å². The first-order valence-corrected chi connectivity index (χ1v) is 10.2. The van der Waals surface area contributed by atoms with Crippen LogP contribution in [0.1, 0.15) is 79.6 Å². The molecule has 0 unspecified atom stereocenters. The third-order valence-corrected chi connectivity index (χ3v) is 6.04. The van der Waals surface area contributed by atoms with Crippen LogP contribution in [0.25, 0.3) is 0 Å². The zero-order valence-corrected chi connectivity index (χ0v) is 15.0. The Balaban J connectivity index is 4.07. The molecule has 0 aromatic rings. The molecule has 1 heteroatoms. The van der Waals surface area contributed by atoms with E-state index >= 15 is 0 Å². The van der Waals surface area contributed by atoms with E-state index in [1.807, 2.05) is 3.62 Å². The molecule has 0 aliphatic carbocycles. The predicted molar refractivity (Wildman–Crippen MR) is 81.8 cm³/mol. The number of allylic oxidation sites excluding steroid dienone is 2. The minimum atomic E-state index is 0.143. The minimum absolute atomic E-state index is 0.143. The molecular weight excluding hydrogens is 320 g/mol. The zero-order valence-electron chi connectivity index (χ0n) is 12.6. The van der Waals surface area contributed by atoms with Gasteiger partial charge < -0.3 is 0 Å². The van der Waals surface area contributed by atoms with Gasteiger partial charge in [0, 0.05) is 0 Å². The molecule has 17 heavy (non-hydrogen) atoms. The van der Waals surface area contributed by atoms with Gasteiger partial charge in [-0.3, -0.25) is 0 Å². The Hall–Kier alpha value is 0.530. The third-order valence-electron chi connectivity index (χ3n) is 2.66. The molecule has 0 aliphatic heterocycles. The van der Waals surface area contributed by atoms with Crippen molar-refractivity contribution in [1.82, 2.24) is 0 Å². The van der Waals surface area contributed by atoms with Gasteiger partial charge in [0.1, 0.15) is 0 Å². The van der Waals surface area contributed by atoms with Crippen LogP contribution >= 0.6 is 0 Å². The molecule has 0 radical (unpaired) electrons. The molecule has 0 atom stereocenters. The van der Waals surface area contributed by atoms with Gasteiger partial charge in [0.15, 0.2) is 0 Å². The summed E-state index contributed by atoms with van der Waals surface area (Å²) in [7, 11) is 0. The van der Waals surface area contributed by atoms with E-state index in [1.165, 1.54) is 49.4 Å². The zero-order chi connectivity index (χ0) is 13.1. The topological polar surface area (TPSA) is 0 Å². The van der Waals surface area contributed by atoms with Gasteiger partial charge in [-0.25, -0.2) is 0 Å². The van der Waals surface area contributed by atoms with Crippen LogP contribution in [0.2, 0.25) is 4.47 Å². The SMILES string of the molecule is CCCCCC/C(=C\C(C)(C)C)[Te]CCCC. The molecule has 0 spiro atoms. The van der Waals surface area contributed by atoms with Gasteiger partial charge in [-0.1, -0.05) is 0 Å². The van der Waals surface area contributed by atoms with E-state index in [-0.39, 0.29) is 20.9 Å². The molecule has 0 aromatic heterocycles. The normalized spacial score (nSPS) is 13.1. The molecule has 102 valence electrons. The second-order valence-corrected chi connectivity index (χ2v) is 9.48. The van der Waals surface area contributed by atoms with Gasteiger partial charge in [0.25, 0.3) is 0 Å². The summed E-state index contributed by atoms with van der Waals surface area (Å²) in [5, 5.41) is 0. The summed E-state index contributed by atoms with van der Waals surface area (Å²) in [6.07, 6.45) is 12.4. The fraction of sp³-hybridized carbons (Fsp3) is 0.875. The van der Waals surface area contributed by atoms with Crippen molar-refractivity contribution in [3.63, 3.8) is 0 Å². The van der Waals surface area contributed by atoms with Crippen molar-refractivity contribution in [3.05, 3.63) is 9.70 Å². The average molecular weight is 352 g/mol. The van der Waals surface area contributed by atoms with E-state index in [1.54, 1.807) is 0 Å². The molecule has 0 saturated carbocycles. The van der Waals surface area contributed by atoms with Gasteiger partial charge in [0.2, 0.25) is 0 Å². The van der Waals surface area contributed by atoms with E-state index in [9.17, 15) is 0 Å².